The predicted molar refractivity (Wildman–Crippen MR) is 416 cm³/mol. The number of benzene rings is 12. The van der Waals surface area contributed by atoms with Crippen LogP contribution in [-0.2, 0) is 5.41 Å². The topological polar surface area (TPSA) is 81.4 Å². The van der Waals surface area contributed by atoms with Crippen molar-refractivity contribution in [2.24, 2.45) is 0 Å². The molecule has 13 heteroatoms. The van der Waals surface area contributed by atoms with Gasteiger partial charge in [0.1, 0.15) is 27.9 Å². The molecule has 8 nitrogen and oxygen atoms in total. The van der Waals surface area contributed by atoms with Crippen molar-refractivity contribution in [1.29, 1.82) is 0 Å². The smallest absolute Gasteiger partial charge is 0.290 e. The molecule has 0 atom stereocenters. The summed E-state index contributed by atoms with van der Waals surface area (Å²) in [7, 11) is 0. The number of anilines is 6. The van der Waals surface area contributed by atoms with Crippen molar-refractivity contribution in [3.8, 4) is 11.5 Å². The van der Waals surface area contributed by atoms with Gasteiger partial charge in [-0.2, -0.15) is 0 Å². The summed E-state index contributed by atoms with van der Waals surface area (Å²) < 4.78 is 41.0. The number of nitrogens with zero attached hydrogens (tertiary/aromatic N) is 2. The summed E-state index contributed by atoms with van der Waals surface area (Å²) in [6.45, 7) is 4.09. The third kappa shape index (κ3) is 8.51. The van der Waals surface area contributed by atoms with Crippen molar-refractivity contribution in [2.75, 3.05) is 9.80 Å². The minimum absolute atomic E-state index is 0.101. The van der Waals surface area contributed by atoms with Gasteiger partial charge in [0.15, 0.2) is 11.5 Å². The minimum atomic E-state index is -0.173. The molecular formula is C87H56B4N2O6S. The van der Waals surface area contributed by atoms with Crippen LogP contribution in [0.2, 0.25) is 0 Å². The van der Waals surface area contributed by atoms with Crippen LogP contribution in [0.15, 0.2) is 325 Å². The summed E-state index contributed by atoms with van der Waals surface area (Å²) >= 11 is 1.78. The van der Waals surface area contributed by atoms with E-state index >= 15 is 0 Å². The lowest BCUT2D eigenvalue weighted by Gasteiger charge is -2.42. The Hall–Kier alpha value is -12.0. The second-order valence-electron chi connectivity index (χ2n) is 27.2. The van der Waals surface area contributed by atoms with Crippen molar-refractivity contribution >= 4 is 204 Å². The Balaban J connectivity index is 0.000000131. The van der Waals surface area contributed by atoms with E-state index in [-0.39, 0.29) is 32.3 Å². The van der Waals surface area contributed by atoms with E-state index in [0.717, 1.165) is 134 Å². The second kappa shape index (κ2) is 22.0. The van der Waals surface area contributed by atoms with E-state index in [2.05, 4.69) is 278 Å². The highest BCUT2D eigenvalue weighted by Crippen LogP contribution is 2.52. The standard InChI is InChI=1S/C45H31B2NO2S.C42H25B2NO4/c1-45(2)34-13-5-7-15-36(34)48(37-16-8-6-14-35(37)45)31-22-19-29(20-23-31)46-41-32-11-3-9-17-38(32)50-44(41)47(30-21-24-40-28(27-30)25-26-51-40)42-33-12-4-10-18-39(33)49-43(42)46;1-5-13-35-30(9-1)39-42(49-35)44(28-19-22-34-26(25-28)23-24-46-34)40-31-10-2-6-14-36(31)48-41(40)43(39)27-17-20-29(21-18-27)45-32-11-3-7-15-37(32)47-38-16-8-4-12-33(38)45/h3-27H,1-2H3;1-25H. The highest BCUT2D eigenvalue weighted by Gasteiger charge is 2.49. The van der Waals surface area contributed by atoms with E-state index in [1.807, 2.05) is 42.5 Å². The maximum Gasteiger partial charge on any atom is 0.290 e. The van der Waals surface area contributed by atoms with E-state index in [1.165, 1.54) is 54.4 Å². The van der Waals surface area contributed by atoms with Gasteiger partial charge in [0.2, 0.25) is 0 Å². The number of hydrogen-bond donors (Lipinski definition) is 0. The zero-order chi connectivity index (χ0) is 65.9. The van der Waals surface area contributed by atoms with Crippen LogP contribution in [0.3, 0.4) is 0 Å². The first-order valence-corrected chi connectivity index (χ1v) is 35.1. The highest BCUT2D eigenvalue weighted by molar-refractivity contribution is 7.17. The number of rotatable bonds is 6. The van der Waals surface area contributed by atoms with Crippen molar-refractivity contribution in [3.63, 3.8) is 0 Å². The third-order valence-corrected chi connectivity index (χ3v) is 22.4. The summed E-state index contributed by atoms with van der Waals surface area (Å²) in [5.41, 5.74) is 26.9. The number of para-hydroxylation sites is 10. The van der Waals surface area contributed by atoms with E-state index in [1.54, 1.807) is 17.6 Å². The molecule has 6 aromatic heterocycles. The van der Waals surface area contributed by atoms with Gasteiger partial charge in [-0.3, -0.25) is 0 Å². The molecule has 4 aliphatic heterocycles. The average Bonchev–Trinajstić information content (AvgIpc) is 1.50. The normalized spacial score (nSPS) is 13.9. The van der Waals surface area contributed by atoms with Gasteiger partial charge in [0.05, 0.1) is 51.7 Å². The van der Waals surface area contributed by atoms with Gasteiger partial charge in [0.25, 0.3) is 26.9 Å². The summed E-state index contributed by atoms with van der Waals surface area (Å²) in [6, 6.07) is 103. The maximum atomic E-state index is 6.97. The summed E-state index contributed by atoms with van der Waals surface area (Å²) in [5, 5.41) is 8.96. The first kappa shape index (κ1) is 57.1. The summed E-state index contributed by atoms with van der Waals surface area (Å²) in [6.07, 6.45) is 1.74. The fourth-order valence-electron chi connectivity index (χ4n) is 17.1. The van der Waals surface area contributed by atoms with Crippen LogP contribution >= 0.6 is 11.3 Å². The zero-order valence-corrected chi connectivity index (χ0v) is 55.2. The van der Waals surface area contributed by atoms with Gasteiger partial charge in [-0.05, 0) is 153 Å². The molecule has 0 spiro atoms. The Bertz CT molecular complexity index is 6230. The van der Waals surface area contributed by atoms with Crippen LogP contribution in [0, 0.1) is 0 Å². The van der Waals surface area contributed by atoms with Crippen LogP contribution in [0.4, 0.5) is 34.1 Å². The molecule has 0 bridgehead atoms. The molecule has 4 aliphatic rings. The van der Waals surface area contributed by atoms with Gasteiger partial charge in [-0.25, -0.2) is 0 Å². The van der Waals surface area contributed by atoms with Crippen molar-refractivity contribution < 1.29 is 26.8 Å². The lowest BCUT2D eigenvalue weighted by Crippen LogP contribution is -2.73. The molecule has 22 rings (SSSR count). The average molecular weight is 1300 g/mol. The quantitative estimate of drug-likeness (QED) is 0.152. The fraction of sp³-hybridized carbons (Fsp3) is 0.0345. The predicted octanol–water partition coefficient (Wildman–Crippen LogP) is 14.7. The van der Waals surface area contributed by atoms with Crippen LogP contribution in [0.25, 0.3) is 64.9 Å². The van der Waals surface area contributed by atoms with Gasteiger partial charge >= 0.3 is 0 Å². The van der Waals surface area contributed by atoms with E-state index in [4.69, 9.17) is 26.8 Å². The van der Waals surface area contributed by atoms with Gasteiger partial charge in [0, 0.05) is 48.4 Å². The molecule has 0 saturated heterocycles. The Morgan fingerprint density at radius 2 is 0.690 bits per heavy atom. The lowest BCUT2D eigenvalue weighted by molar-refractivity contribution is 0.477. The fourth-order valence-corrected chi connectivity index (χ4v) is 17.8. The summed E-state index contributed by atoms with van der Waals surface area (Å²) in [4.78, 5) is 4.69. The second-order valence-corrected chi connectivity index (χ2v) is 28.2. The highest BCUT2D eigenvalue weighted by atomic mass is 32.1. The molecule has 18 aromatic rings. The van der Waals surface area contributed by atoms with Crippen LogP contribution in [0.1, 0.15) is 25.0 Å². The molecule has 0 fully saturated rings. The Morgan fingerprint density at radius 1 is 0.320 bits per heavy atom. The molecule has 10 heterocycles. The number of furan rings is 5. The molecule has 0 N–H and O–H groups in total. The monoisotopic (exact) mass is 1300 g/mol. The Labute approximate surface area is 581 Å². The molecule has 0 saturated carbocycles. The molecular weight excluding hydrogens is 1240 g/mol. The lowest BCUT2D eigenvalue weighted by atomic mass is 9.24. The molecule has 0 radical (unpaired) electrons. The van der Waals surface area contributed by atoms with Gasteiger partial charge in [-0.15, -0.1) is 11.3 Å². The number of ether oxygens (including phenoxy) is 1. The minimum Gasteiger partial charge on any atom is -0.471 e. The first-order chi connectivity index (χ1) is 49.4. The maximum absolute atomic E-state index is 6.97. The molecule has 12 aromatic carbocycles. The zero-order valence-electron chi connectivity index (χ0n) is 54.4. The van der Waals surface area contributed by atoms with Crippen LogP contribution in [0.5, 0.6) is 11.5 Å². The van der Waals surface area contributed by atoms with Crippen molar-refractivity contribution in [1.82, 2.24) is 0 Å². The molecule has 468 valence electrons. The van der Waals surface area contributed by atoms with Crippen LogP contribution in [-0.4, -0.2) is 26.9 Å². The molecule has 0 aliphatic carbocycles. The first-order valence-electron chi connectivity index (χ1n) is 34.2. The van der Waals surface area contributed by atoms with Gasteiger partial charge < -0.3 is 36.6 Å². The van der Waals surface area contributed by atoms with Crippen molar-refractivity contribution in [3.05, 3.63) is 314 Å². The molecule has 0 amide bonds. The largest absolute Gasteiger partial charge is 0.471 e. The summed E-state index contributed by atoms with van der Waals surface area (Å²) in [5.74, 6) is 1.66. The molecule has 0 unspecified atom stereocenters. The SMILES string of the molecule is CC1(C)c2ccccc2N(c2ccc(B3c4oc5ccccc5c4B(c4ccc5sccc5c4)c4oc5ccccc5c43)cc2)c2ccccc21.c1ccc2c(c1)Oc1ccccc1N2c1ccc(B2c3oc4ccccc4c3B(c3ccc4occc4c3)c3oc4ccccc4c32)cc1. The van der Waals surface area contributed by atoms with E-state index < -0.39 is 0 Å². The van der Waals surface area contributed by atoms with E-state index in [9.17, 15) is 0 Å². The Morgan fingerprint density at radius 3 is 1.16 bits per heavy atom. The van der Waals surface area contributed by atoms with Gasteiger partial charge in [-0.1, -0.05) is 218 Å². The molecule has 100 heavy (non-hydrogen) atoms. The number of fused-ring (bicyclic) bond motifs is 18. The number of thiophene rings is 1. The van der Waals surface area contributed by atoms with Crippen LogP contribution < -0.4 is 80.9 Å². The Kier molecular flexibility index (Phi) is 12.5. The number of hydrogen-bond acceptors (Lipinski definition) is 9. The van der Waals surface area contributed by atoms with Crippen molar-refractivity contribution in [2.45, 2.75) is 19.3 Å². The third-order valence-electron chi connectivity index (χ3n) is 21.5. The van der Waals surface area contributed by atoms with E-state index in [0.29, 0.717) is 0 Å².